The van der Waals surface area contributed by atoms with Gasteiger partial charge in [0.05, 0.1) is 0 Å². The third kappa shape index (κ3) is 8.95. The highest BCUT2D eigenvalue weighted by Crippen LogP contribution is 2.22. The fraction of sp³-hybridized carbons (Fsp3) is 0.538. The molecule has 0 aliphatic carbocycles. The molecule has 0 bridgehead atoms. The van der Waals surface area contributed by atoms with E-state index in [1.807, 2.05) is 11.8 Å². The summed E-state index contributed by atoms with van der Waals surface area (Å²) in [5.74, 6) is 1.17. The van der Waals surface area contributed by atoms with E-state index in [1.165, 1.54) is 11.3 Å². The molecule has 1 aromatic carbocycles. The molecule has 0 spiro atoms. The summed E-state index contributed by atoms with van der Waals surface area (Å²) in [6.45, 7) is 8.79. The maximum Gasteiger partial charge on any atom is 0.0205 e. The minimum absolute atomic E-state index is 0. The highest BCUT2D eigenvalue weighted by atomic mass is 79.9. The van der Waals surface area contributed by atoms with Crippen LogP contribution >= 0.6 is 40.1 Å². The molecular formula is C13H21BrClNS. The van der Waals surface area contributed by atoms with Gasteiger partial charge in [-0.1, -0.05) is 48.8 Å². The first kappa shape index (κ1) is 17.3. The van der Waals surface area contributed by atoms with Crippen molar-refractivity contribution in [1.29, 1.82) is 0 Å². The number of nitrogens with one attached hydrogen (secondary N) is 1. The van der Waals surface area contributed by atoms with E-state index in [9.17, 15) is 0 Å². The molecule has 1 N–H and O–H groups in total. The monoisotopic (exact) mass is 337 g/mol. The summed E-state index contributed by atoms with van der Waals surface area (Å²) < 4.78 is 1.51. The van der Waals surface area contributed by atoms with Gasteiger partial charge in [-0.2, -0.15) is 11.8 Å². The van der Waals surface area contributed by atoms with Crippen molar-refractivity contribution in [3.63, 3.8) is 0 Å². The first-order valence-electron chi connectivity index (χ1n) is 5.56. The third-order valence-corrected chi connectivity index (χ3v) is 3.86. The lowest BCUT2D eigenvalue weighted by molar-refractivity contribution is 0.726. The van der Waals surface area contributed by atoms with Crippen LogP contribution in [0, 0.1) is 0 Å². The van der Waals surface area contributed by atoms with Crippen LogP contribution in [0.15, 0.2) is 28.7 Å². The standard InChI is InChI=1S/C13H20BrNS.ClH/c1-13(2,3)16-9-8-15-10-11-4-6-12(14)7-5-11;/h4-7,15H,8-10H2,1-3H3;1H. The van der Waals surface area contributed by atoms with Crippen LogP contribution in [-0.2, 0) is 6.54 Å². The number of rotatable bonds is 5. The van der Waals surface area contributed by atoms with Crippen LogP contribution < -0.4 is 5.32 Å². The third-order valence-electron chi connectivity index (χ3n) is 2.06. The highest BCUT2D eigenvalue weighted by molar-refractivity contribution is 9.10. The summed E-state index contributed by atoms with van der Waals surface area (Å²) in [6.07, 6.45) is 0. The summed E-state index contributed by atoms with van der Waals surface area (Å²) in [4.78, 5) is 0. The largest absolute Gasteiger partial charge is 0.312 e. The van der Waals surface area contributed by atoms with Crippen molar-refractivity contribution in [2.75, 3.05) is 12.3 Å². The Labute approximate surface area is 124 Å². The zero-order chi connectivity index (χ0) is 12.0. The van der Waals surface area contributed by atoms with Gasteiger partial charge in [0.15, 0.2) is 0 Å². The van der Waals surface area contributed by atoms with Gasteiger partial charge in [-0.05, 0) is 17.7 Å². The summed E-state index contributed by atoms with van der Waals surface area (Å²) in [7, 11) is 0. The minimum Gasteiger partial charge on any atom is -0.312 e. The molecule has 0 aliphatic heterocycles. The molecule has 0 saturated heterocycles. The van der Waals surface area contributed by atoms with Gasteiger partial charge in [-0.25, -0.2) is 0 Å². The van der Waals surface area contributed by atoms with Gasteiger partial charge in [0.2, 0.25) is 0 Å². The summed E-state index contributed by atoms with van der Waals surface area (Å²) in [5, 5.41) is 3.46. The number of benzene rings is 1. The number of thioether (sulfide) groups is 1. The Kier molecular flexibility index (Phi) is 8.56. The lowest BCUT2D eigenvalue weighted by atomic mass is 10.2. The van der Waals surface area contributed by atoms with Gasteiger partial charge in [0.1, 0.15) is 0 Å². The molecule has 0 unspecified atom stereocenters. The molecule has 1 aromatic rings. The van der Waals surface area contributed by atoms with E-state index >= 15 is 0 Å². The van der Waals surface area contributed by atoms with Crippen LogP contribution in [-0.4, -0.2) is 17.0 Å². The van der Waals surface area contributed by atoms with E-state index in [1.54, 1.807) is 0 Å². The van der Waals surface area contributed by atoms with Crippen molar-refractivity contribution in [1.82, 2.24) is 5.32 Å². The first-order valence-corrected chi connectivity index (χ1v) is 7.34. The van der Waals surface area contributed by atoms with Crippen LogP contribution in [0.25, 0.3) is 0 Å². The number of hydrogen-bond donors (Lipinski definition) is 1. The normalized spacial score (nSPS) is 11.1. The predicted molar refractivity (Wildman–Crippen MR) is 85.3 cm³/mol. The summed E-state index contributed by atoms with van der Waals surface area (Å²) >= 11 is 5.44. The van der Waals surface area contributed by atoms with E-state index < -0.39 is 0 Å². The average molecular weight is 339 g/mol. The number of halogens is 2. The highest BCUT2D eigenvalue weighted by Gasteiger charge is 2.08. The Hall–Kier alpha value is 0.300. The molecule has 0 amide bonds. The second-order valence-corrected chi connectivity index (χ2v) is 7.60. The molecule has 98 valence electrons. The van der Waals surface area contributed by atoms with E-state index in [0.29, 0.717) is 4.75 Å². The summed E-state index contributed by atoms with van der Waals surface area (Å²) in [6, 6.07) is 8.46. The molecule has 0 heterocycles. The van der Waals surface area contributed by atoms with Gasteiger partial charge in [0.25, 0.3) is 0 Å². The Morgan fingerprint density at radius 3 is 2.29 bits per heavy atom. The summed E-state index contributed by atoms with van der Waals surface area (Å²) in [5.41, 5.74) is 1.34. The van der Waals surface area contributed by atoms with Crippen molar-refractivity contribution in [3.05, 3.63) is 34.3 Å². The van der Waals surface area contributed by atoms with Gasteiger partial charge >= 0.3 is 0 Å². The van der Waals surface area contributed by atoms with Crippen molar-refractivity contribution >= 4 is 40.1 Å². The topological polar surface area (TPSA) is 12.0 Å². The van der Waals surface area contributed by atoms with Crippen LogP contribution in [0.4, 0.5) is 0 Å². The predicted octanol–water partition coefficient (Wildman–Crippen LogP) is 4.49. The molecule has 0 fully saturated rings. The fourth-order valence-electron chi connectivity index (χ4n) is 1.26. The van der Waals surface area contributed by atoms with Crippen LogP contribution in [0.5, 0.6) is 0 Å². The fourth-order valence-corrected chi connectivity index (χ4v) is 2.39. The molecule has 4 heteroatoms. The molecule has 0 saturated carbocycles. The Morgan fingerprint density at radius 1 is 1.18 bits per heavy atom. The van der Waals surface area contributed by atoms with Gasteiger partial charge < -0.3 is 5.32 Å². The van der Waals surface area contributed by atoms with Crippen LogP contribution in [0.2, 0.25) is 0 Å². The van der Waals surface area contributed by atoms with E-state index in [-0.39, 0.29) is 12.4 Å². The quantitative estimate of drug-likeness (QED) is 0.794. The molecule has 0 aromatic heterocycles. The SMILES string of the molecule is CC(C)(C)SCCNCc1ccc(Br)cc1.Cl. The molecule has 1 nitrogen and oxygen atoms in total. The Bertz CT molecular complexity index is 308. The smallest absolute Gasteiger partial charge is 0.0205 e. The van der Waals surface area contributed by atoms with Crippen molar-refractivity contribution < 1.29 is 0 Å². The Balaban J connectivity index is 0.00000256. The molecular weight excluding hydrogens is 318 g/mol. The zero-order valence-corrected chi connectivity index (χ0v) is 13.8. The second-order valence-electron chi connectivity index (χ2n) is 4.76. The van der Waals surface area contributed by atoms with Gasteiger partial charge in [-0.3, -0.25) is 0 Å². The van der Waals surface area contributed by atoms with Crippen molar-refractivity contribution in [3.8, 4) is 0 Å². The lowest BCUT2D eigenvalue weighted by Gasteiger charge is -2.17. The van der Waals surface area contributed by atoms with Crippen molar-refractivity contribution in [2.45, 2.75) is 32.1 Å². The van der Waals surface area contributed by atoms with Crippen LogP contribution in [0.1, 0.15) is 26.3 Å². The maximum absolute atomic E-state index is 3.46. The zero-order valence-electron chi connectivity index (χ0n) is 10.6. The average Bonchev–Trinajstić information content (AvgIpc) is 2.19. The molecule has 0 atom stereocenters. The van der Waals surface area contributed by atoms with E-state index in [4.69, 9.17) is 0 Å². The number of hydrogen-bond acceptors (Lipinski definition) is 2. The lowest BCUT2D eigenvalue weighted by Crippen LogP contribution is -2.19. The van der Waals surface area contributed by atoms with Crippen molar-refractivity contribution in [2.24, 2.45) is 0 Å². The maximum atomic E-state index is 3.46. The van der Waals surface area contributed by atoms with Gasteiger partial charge in [-0.15, -0.1) is 12.4 Å². The second kappa shape index (κ2) is 8.41. The molecule has 0 aliphatic rings. The minimum atomic E-state index is 0. The van der Waals surface area contributed by atoms with E-state index in [0.717, 1.165) is 17.6 Å². The van der Waals surface area contributed by atoms with E-state index in [2.05, 4.69) is 66.3 Å². The van der Waals surface area contributed by atoms with Gasteiger partial charge in [0, 0.05) is 28.1 Å². The first-order chi connectivity index (χ1) is 7.47. The Morgan fingerprint density at radius 2 is 1.76 bits per heavy atom. The molecule has 17 heavy (non-hydrogen) atoms. The molecule has 0 radical (unpaired) electrons. The van der Waals surface area contributed by atoms with Crippen LogP contribution in [0.3, 0.4) is 0 Å². The molecule has 1 rings (SSSR count).